The maximum absolute atomic E-state index is 12.7. The van der Waals surface area contributed by atoms with Gasteiger partial charge in [-0.2, -0.15) is 0 Å². The smallest absolute Gasteiger partial charge is 0.265 e. The van der Waals surface area contributed by atoms with E-state index in [4.69, 9.17) is 4.74 Å². The van der Waals surface area contributed by atoms with Crippen LogP contribution in [-0.2, 0) is 11.2 Å². The standard InChI is InChI=1S/C19H29BrN2O2S/c1-3-13-4-8-15(9-5-13)24-12-18-17(21-25-2)11-7-14-6-10-16(20)19(23)22(14)18/h6,10,13,15,17-18,21H,3-5,7-9,11-12H2,1-2H3. The number of ether oxygens (including phenoxy) is 1. The van der Waals surface area contributed by atoms with Crippen molar-refractivity contribution in [1.29, 1.82) is 0 Å². The van der Waals surface area contributed by atoms with Gasteiger partial charge in [0, 0.05) is 11.7 Å². The molecule has 4 nitrogen and oxygen atoms in total. The van der Waals surface area contributed by atoms with Gasteiger partial charge in [0.15, 0.2) is 0 Å². The van der Waals surface area contributed by atoms with Crippen molar-refractivity contribution in [3.05, 3.63) is 32.7 Å². The zero-order chi connectivity index (χ0) is 17.8. The summed E-state index contributed by atoms with van der Waals surface area (Å²) in [5, 5.41) is 0. The minimum atomic E-state index is 0.0603. The molecule has 0 aromatic carbocycles. The van der Waals surface area contributed by atoms with Gasteiger partial charge in [0.1, 0.15) is 0 Å². The van der Waals surface area contributed by atoms with Crippen molar-refractivity contribution in [2.24, 2.45) is 5.92 Å². The average molecular weight is 429 g/mol. The molecule has 1 N–H and O–H groups in total. The van der Waals surface area contributed by atoms with E-state index in [1.54, 1.807) is 11.9 Å². The molecule has 1 fully saturated rings. The quantitative estimate of drug-likeness (QED) is 0.684. The molecule has 6 heteroatoms. The lowest BCUT2D eigenvalue weighted by Gasteiger charge is -2.37. The van der Waals surface area contributed by atoms with E-state index < -0.39 is 0 Å². The van der Waals surface area contributed by atoms with Crippen LogP contribution in [0.1, 0.15) is 57.2 Å². The molecule has 1 aliphatic heterocycles. The minimum absolute atomic E-state index is 0.0603. The van der Waals surface area contributed by atoms with Crippen molar-refractivity contribution in [3.63, 3.8) is 0 Å². The minimum Gasteiger partial charge on any atom is -0.376 e. The zero-order valence-electron chi connectivity index (χ0n) is 15.2. The first-order chi connectivity index (χ1) is 12.1. The highest BCUT2D eigenvalue weighted by molar-refractivity contribution is 9.10. The summed E-state index contributed by atoms with van der Waals surface area (Å²) < 4.78 is 12.4. The highest BCUT2D eigenvalue weighted by Crippen LogP contribution is 2.31. The molecule has 0 saturated heterocycles. The lowest BCUT2D eigenvalue weighted by molar-refractivity contribution is -0.00679. The van der Waals surface area contributed by atoms with Gasteiger partial charge in [-0.05, 0) is 78.8 Å². The Morgan fingerprint density at radius 1 is 1.28 bits per heavy atom. The predicted octanol–water partition coefficient (Wildman–Crippen LogP) is 4.32. The number of hydrogen-bond donors (Lipinski definition) is 1. The van der Waals surface area contributed by atoms with Gasteiger partial charge in [-0.1, -0.05) is 25.3 Å². The van der Waals surface area contributed by atoms with Gasteiger partial charge in [-0.25, -0.2) is 0 Å². The fourth-order valence-corrected chi connectivity index (χ4v) is 5.13. The number of halogens is 1. The predicted molar refractivity (Wildman–Crippen MR) is 108 cm³/mol. The van der Waals surface area contributed by atoms with E-state index >= 15 is 0 Å². The monoisotopic (exact) mass is 428 g/mol. The fourth-order valence-electron chi connectivity index (χ4n) is 4.23. The summed E-state index contributed by atoms with van der Waals surface area (Å²) >= 11 is 5.03. The summed E-state index contributed by atoms with van der Waals surface area (Å²) in [6.07, 6.45) is 10.5. The Kier molecular flexibility index (Phi) is 7.06. The normalized spacial score (nSPS) is 29.4. The number of fused-ring (bicyclic) bond motifs is 1. The molecule has 0 spiro atoms. The van der Waals surface area contributed by atoms with E-state index in [1.165, 1.54) is 19.3 Å². The third-order valence-corrected chi connectivity index (χ3v) is 6.95. The number of nitrogens with one attached hydrogen (secondary N) is 1. The molecule has 0 bridgehead atoms. The molecule has 2 unspecified atom stereocenters. The van der Waals surface area contributed by atoms with Crippen molar-refractivity contribution in [1.82, 2.24) is 9.29 Å². The summed E-state index contributed by atoms with van der Waals surface area (Å²) in [5.74, 6) is 0.875. The van der Waals surface area contributed by atoms with Gasteiger partial charge < -0.3 is 9.30 Å². The van der Waals surface area contributed by atoms with Crippen LogP contribution in [0.25, 0.3) is 0 Å². The highest BCUT2D eigenvalue weighted by Gasteiger charge is 2.32. The summed E-state index contributed by atoms with van der Waals surface area (Å²) in [6.45, 7) is 2.90. The second-order valence-electron chi connectivity index (χ2n) is 7.27. The van der Waals surface area contributed by atoms with E-state index in [0.29, 0.717) is 17.2 Å². The molecule has 140 valence electrons. The second kappa shape index (κ2) is 9.07. The van der Waals surface area contributed by atoms with Crippen LogP contribution in [0.3, 0.4) is 0 Å². The summed E-state index contributed by atoms with van der Waals surface area (Å²) in [5.41, 5.74) is 1.18. The molecular formula is C19H29BrN2O2S. The molecule has 1 aromatic rings. The van der Waals surface area contributed by atoms with Gasteiger partial charge in [0.05, 0.1) is 23.2 Å². The maximum atomic E-state index is 12.7. The van der Waals surface area contributed by atoms with Crippen LogP contribution in [0.2, 0.25) is 0 Å². The van der Waals surface area contributed by atoms with Crippen molar-refractivity contribution in [2.45, 2.75) is 70.1 Å². The lowest BCUT2D eigenvalue weighted by Crippen LogP contribution is -2.46. The van der Waals surface area contributed by atoms with Crippen LogP contribution in [0.15, 0.2) is 21.4 Å². The molecule has 1 aliphatic carbocycles. The first kappa shape index (κ1) is 19.5. The lowest BCUT2D eigenvalue weighted by atomic mass is 9.86. The number of nitrogens with zero attached hydrogens (tertiary/aromatic N) is 1. The molecule has 2 atom stereocenters. The van der Waals surface area contributed by atoms with Gasteiger partial charge in [-0.15, -0.1) is 0 Å². The largest absolute Gasteiger partial charge is 0.376 e. The molecule has 0 amide bonds. The Morgan fingerprint density at radius 3 is 2.72 bits per heavy atom. The Morgan fingerprint density at radius 2 is 2.04 bits per heavy atom. The molecule has 0 radical (unpaired) electrons. The van der Waals surface area contributed by atoms with Gasteiger partial charge in [0.25, 0.3) is 5.56 Å². The summed E-state index contributed by atoms with van der Waals surface area (Å²) in [6, 6.07) is 4.27. The molecular weight excluding hydrogens is 400 g/mol. The summed E-state index contributed by atoms with van der Waals surface area (Å²) in [7, 11) is 0. The van der Waals surface area contributed by atoms with Crippen LogP contribution in [0, 0.1) is 5.92 Å². The van der Waals surface area contributed by atoms with Crippen molar-refractivity contribution in [2.75, 3.05) is 12.9 Å². The number of aryl methyl sites for hydroxylation is 1. The Labute approximate surface area is 163 Å². The van der Waals surface area contributed by atoms with Gasteiger partial charge in [-0.3, -0.25) is 9.52 Å². The Bertz CT molecular complexity index is 628. The molecule has 2 heterocycles. The van der Waals surface area contributed by atoms with E-state index in [2.05, 4.69) is 33.6 Å². The molecule has 1 aromatic heterocycles. The molecule has 3 rings (SSSR count). The van der Waals surface area contributed by atoms with Crippen LogP contribution in [0.5, 0.6) is 0 Å². The summed E-state index contributed by atoms with van der Waals surface area (Å²) in [4.78, 5) is 12.7. The first-order valence-electron chi connectivity index (χ1n) is 9.44. The zero-order valence-corrected chi connectivity index (χ0v) is 17.6. The number of aromatic nitrogens is 1. The van der Waals surface area contributed by atoms with Crippen LogP contribution < -0.4 is 10.3 Å². The molecule has 1 saturated carbocycles. The maximum Gasteiger partial charge on any atom is 0.265 e. The van der Waals surface area contributed by atoms with E-state index in [-0.39, 0.29) is 17.6 Å². The third kappa shape index (κ3) is 4.52. The SMILES string of the molecule is CCC1CCC(OCC2C(NSC)CCc3ccc(Br)c(=O)n32)CC1. The van der Waals surface area contributed by atoms with Crippen molar-refractivity contribution < 1.29 is 4.74 Å². The topological polar surface area (TPSA) is 43.3 Å². The van der Waals surface area contributed by atoms with Crippen LogP contribution in [0.4, 0.5) is 0 Å². The third-order valence-electron chi connectivity index (χ3n) is 5.81. The Hall–Kier alpha value is -0.300. The van der Waals surface area contributed by atoms with E-state index in [1.807, 2.05) is 16.9 Å². The second-order valence-corrected chi connectivity index (χ2v) is 8.76. The van der Waals surface area contributed by atoms with Gasteiger partial charge in [0.2, 0.25) is 0 Å². The van der Waals surface area contributed by atoms with E-state index in [9.17, 15) is 4.79 Å². The van der Waals surface area contributed by atoms with Crippen LogP contribution >= 0.6 is 27.9 Å². The van der Waals surface area contributed by atoms with Gasteiger partial charge >= 0.3 is 0 Å². The number of hydrogen-bond acceptors (Lipinski definition) is 4. The molecule has 2 aliphatic rings. The van der Waals surface area contributed by atoms with Crippen molar-refractivity contribution in [3.8, 4) is 0 Å². The Balaban J connectivity index is 1.73. The highest BCUT2D eigenvalue weighted by atomic mass is 79.9. The van der Waals surface area contributed by atoms with E-state index in [0.717, 1.165) is 37.3 Å². The van der Waals surface area contributed by atoms with Crippen LogP contribution in [-0.4, -0.2) is 29.6 Å². The first-order valence-corrected chi connectivity index (χ1v) is 11.5. The fraction of sp³-hybridized carbons (Fsp3) is 0.737. The number of rotatable bonds is 6. The average Bonchev–Trinajstić information content (AvgIpc) is 2.64. The van der Waals surface area contributed by atoms with Crippen molar-refractivity contribution >= 4 is 27.9 Å². The number of pyridine rings is 1. The molecule has 25 heavy (non-hydrogen) atoms.